The Morgan fingerprint density at radius 2 is 2.06 bits per heavy atom. The highest BCUT2D eigenvalue weighted by molar-refractivity contribution is 5.91. The molecule has 1 aromatic rings. The number of aryl methyl sites for hydroxylation is 1. The number of rotatable bonds is 3. The molecule has 0 saturated heterocycles. The Morgan fingerprint density at radius 1 is 1.33 bits per heavy atom. The number of fused-ring (bicyclic) bond motifs is 1. The second-order valence-corrected chi connectivity index (χ2v) is 4.54. The fourth-order valence-electron chi connectivity index (χ4n) is 2.10. The van der Waals surface area contributed by atoms with Crippen molar-refractivity contribution in [3.63, 3.8) is 0 Å². The number of hydrogen-bond donors (Lipinski definition) is 2. The SMILES string of the molecule is C[C@@H](OC(=O)c1n[nH]c2c1CCCCC2)C(N)=O. The van der Waals surface area contributed by atoms with Crippen LogP contribution in [-0.2, 0) is 22.4 Å². The van der Waals surface area contributed by atoms with Crippen molar-refractivity contribution in [3.05, 3.63) is 17.0 Å². The van der Waals surface area contributed by atoms with Gasteiger partial charge < -0.3 is 10.5 Å². The molecule has 0 fully saturated rings. The number of H-pyrrole nitrogens is 1. The number of ether oxygens (including phenoxy) is 1. The van der Waals surface area contributed by atoms with Crippen LogP contribution in [0.1, 0.15) is 47.9 Å². The molecule has 6 heteroatoms. The Bertz CT molecular complexity index is 467. The van der Waals surface area contributed by atoms with Gasteiger partial charge in [-0.3, -0.25) is 9.89 Å². The monoisotopic (exact) mass is 251 g/mol. The molecule has 1 amide bonds. The van der Waals surface area contributed by atoms with Crippen LogP contribution in [0.2, 0.25) is 0 Å². The van der Waals surface area contributed by atoms with Crippen molar-refractivity contribution in [2.75, 3.05) is 0 Å². The number of nitrogens with one attached hydrogen (secondary N) is 1. The van der Waals surface area contributed by atoms with Crippen molar-refractivity contribution in [1.82, 2.24) is 10.2 Å². The van der Waals surface area contributed by atoms with Gasteiger partial charge >= 0.3 is 5.97 Å². The maximum Gasteiger partial charge on any atom is 0.359 e. The highest BCUT2D eigenvalue weighted by Crippen LogP contribution is 2.22. The third-order valence-corrected chi connectivity index (χ3v) is 3.18. The van der Waals surface area contributed by atoms with Gasteiger partial charge in [-0.25, -0.2) is 4.79 Å². The van der Waals surface area contributed by atoms with Gasteiger partial charge in [-0.05, 0) is 32.6 Å². The number of carbonyl (C=O) groups is 2. The van der Waals surface area contributed by atoms with Gasteiger partial charge in [0, 0.05) is 11.3 Å². The standard InChI is InChI=1S/C12H17N3O3/c1-7(11(13)16)18-12(17)10-8-5-3-2-4-6-9(8)14-15-10/h7H,2-6H2,1H3,(H2,13,16)(H,14,15)/t7-/m1/s1. The van der Waals surface area contributed by atoms with E-state index in [2.05, 4.69) is 10.2 Å². The van der Waals surface area contributed by atoms with Crippen LogP contribution in [0.3, 0.4) is 0 Å². The molecule has 0 aliphatic heterocycles. The van der Waals surface area contributed by atoms with E-state index in [0.29, 0.717) is 5.69 Å². The zero-order valence-corrected chi connectivity index (χ0v) is 10.4. The molecule has 6 nitrogen and oxygen atoms in total. The minimum absolute atomic E-state index is 0.292. The first-order chi connectivity index (χ1) is 8.59. The first-order valence-electron chi connectivity index (χ1n) is 6.16. The largest absolute Gasteiger partial charge is 0.448 e. The summed E-state index contributed by atoms with van der Waals surface area (Å²) >= 11 is 0. The van der Waals surface area contributed by atoms with Gasteiger partial charge in [0.2, 0.25) is 0 Å². The molecule has 0 radical (unpaired) electrons. The average Bonchev–Trinajstić information content (AvgIpc) is 2.58. The fourth-order valence-corrected chi connectivity index (χ4v) is 2.10. The molecule has 1 aromatic heterocycles. The number of hydrogen-bond acceptors (Lipinski definition) is 4. The summed E-state index contributed by atoms with van der Waals surface area (Å²) in [6.45, 7) is 1.45. The summed E-state index contributed by atoms with van der Waals surface area (Å²) in [4.78, 5) is 22.8. The summed E-state index contributed by atoms with van der Waals surface area (Å²) in [5.41, 5.74) is 7.28. The Morgan fingerprint density at radius 3 is 2.78 bits per heavy atom. The smallest absolute Gasteiger partial charge is 0.359 e. The van der Waals surface area contributed by atoms with Crippen LogP contribution in [0.5, 0.6) is 0 Å². The molecular weight excluding hydrogens is 234 g/mol. The van der Waals surface area contributed by atoms with E-state index < -0.39 is 18.0 Å². The Labute approximate surface area is 105 Å². The van der Waals surface area contributed by atoms with Crippen LogP contribution in [0.4, 0.5) is 0 Å². The summed E-state index contributed by atoms with van der Waals surface area (Å²) in [5.74, 6) is -1.24. The van der Waals surface area contributed by atoms with Gasteiger partial charge in [0.05, 0.1) is 0 Å². The van der Waals surface area contributed by atoms with Crippen LogP contribution in [0.15, 0.2) is 0 Å². The molecule has 0 unspecified atom stereocenters. The van der Waals surface area contributed by atoms with E-state index in [1.165, 1.54) is 6.92 Å². The molecule has 18 heavy (non-hydrogen) atoms. The number of amides is 1. The maximum absolute atomic E-state index is 11.9. The lowest BCUT2D eigenvalue weighted by atomic mass is 10.1. The van der Waals surface area contributed by atoms with Crippen molar-refractivity contribution in [2.24, 2.45) is 5.73 Å². The molecule has 3 N–H and O–H groups in total. The second kappa shape index (κ2) is 5.20. The zero-order valence-electron chi connectivity index (χ0n) is 10.4. The number of aromatic amines is 1. The molecule has 98 valence electrons. The minimum Gasteiger partial charge on any atom is -0.448 e. The Balaban J connectivity index is 2.16. The molecular formula is C12H17N3O3. The summed E-state index contributed by atoms with van der Waals surface area (Å²) in [7, 11) is 0. The molecule has 0 aromatic carbocycles. The van der Waals surface area contributed by atoms with E-state index in [0.717, 1.165) is 43.4 Å². The van der Waals surface area contributed by atoms with E-state index in [9.17, 15) is 9.59 Å². The average molecular weight is 251 g/mol. The van der Waals surface area contributed by atoms with Crippen molar-refractivity contribution in [2.45, 2.75) is 45.1 Å². The molecule has 0 spiro atoms. The molecule has 1 heterocycles. The van der Waals surface area contributed by atoms with E-state index in [-0.39, 0.29) is 0 Å². The lowest BCUT2D eigenvalue weighted by Gasteiger charge is -2.08. The summed E-state index contributed by atoms with van der Waals surface area (Å²) in [6.07, 6.45) is 4.08. The van der Waals surface area contributed by atoms with Crippen molar-refractivity contribution in [1.29, 1.82) is 0 Å². The Kier molecular flexibility index (Phi) is 3.64. The predicted octanol–water partition coefficient (Wildman–Crippen LogP) is 0.709. The first kappa shape index (κ1) is 12.6. The van der Waals surface area contributed by atoms with E-state index in [1.807, 2.05) is 0 Å². The molecule has 0 bridgehead atoms. The van der Waals surface area contributed by atoms with Crippen LogP contribution < -0.4 is 5.73 Å². The lowest BCUT2D eigenvalue weighted by molar-refractivity contribution is -0.125. The van der Waals surface area contributed by atoms with Crippen LogP contribution in [0.25, 0.3) is 0 Å². The molecule has 0 saturated carbocycles. The number of esters is 1. The Hall–Kier alpha value is -1.85. The van der Waals surface area contributed by atoms with E-state index in [4.69, 9.17) is 10.5 Å². The summed E-state index contributed by atoms with van der Waals surface area (Å²) < 4.78 is 4.97. The quantitative estimate of drug-likeness (QED) is 0.610. The molecule has 1 aliphatic rings. The van der Waals surface area contributed by atoms with Gasteiger partial charge in [0.25, 0.3) is 5.91 Å². The van der Waals surface area contributed by atoms with Crippen molar-refractivity contribution in [3.8, 4) is 0 Å². The minimum atomic E-state index is -0.935. The van der Waals surface area contributed by atoms with Crippen molar-refractivity contribution < 1.29 is 14.3 Å². The summed E-state index contributed by atoms with van der Waals surface area (Å²) in [5, 5.41) is 6.88. The van der Waals surface area contributed by atoms with Crippen LogP contribution in [-0.4, -0.2) is 28.2 Å². The second-order valence-electron chi connectivity index (χ2n) is 4.54. The highest BCUT2D eigenvalue weighted by atomic mass is 16.5. The highest BCUT2D eigenvalue weighted by Gasteiger charge is 2.24. The van der Waals surface area contributed by atoms with E-state index >= 15 is 0 Å². The van der Waals surface area contributed by atoms with Gasteiger partial charge in [0.15, 0.2) is 11.8 Å². The molecule has 2 rings (SSSR count). The van der Waals surface area contributed by atoms with Gasteiger partial charge in [-0.2, -0.15) is 5.10 Å². The van der Waals surface area contributed by atoms with Gasteiger partial charge in [-0.1, -0.05) is 6.42 Å². The number of primary amides is 1. The fraction of sp³-hybridized carbons (Fsp3) is 0.583. The van der Waals surface area contributed by atoms with Crippen LogP contribution >= 0.6 is 0 Å². The third-order valence-electron chi connectivity index (χ3n) is 3.18. The van der Waals surface area contributed by atoms with Crippen LogP contribution in [0, 0.1) is 0 Å². The molecule has 1 aliphatic carbocycles. The number of carbonyl (C=O) groups excluding carboxylic acids is 2. The first-order valence-corrected chi connectivity index (χ1v) is 6.16. The lowest BCUT2D eigenvalue weighted by Crippen LogP contribution is -2.30. The van der Waals surface area contributed by atoms with Gasteiger partial charge in [0.1, 0.15) is 0 Å². The molecule has 1 atom stereocenters. The zero-order chi connectivity index (χ0) is 13.1. The van der Waals surface area contributed by atoms with Gasteiger partial charge in [-0.15, -0.1) is 0 Å². The maximum atomic E-state index is 11.9. The number of nitrogens with zero attached hydrogens (tertiary/aromatic N) is 1. The predicted molar refractivity (Wildman–Crippen MR) is 63.9 cm³/mol. The third kappa shape index (κ3) is 2.52. The van der Waals surface area contributed by atoms with Crippen molar-refractivity contribution >= 4 is 11.9 Å². The number of nitrogens with two attached hydrogens (primary N) is 1. The topological polar surface area (TPSA) is 98.1 Å². The van der Waals surface area contributed by atoms with E-state index in [1.54, 1.807) is 0 Å². The summed E-state index contributed by atoms with van der Waals surface area (Å²) in [6, 6.07) is 0. The normalized spacial score (nSPS) is 16.5. The number of aromatic nitrogens is 2.